The topological polar surface area (TPSA) is 102 Å². The van der Waals surface area contributed by atoms with Crippen molar-refractivity contribution in [1.82, 2.24) is 19.8 Å². The number of hydrogen-bond donors (Lipinski definition) is 2. The zero-order valence-electron chi connectivity index (χ0n) is 14.5. The van der Waals surface area contributed by atoms with Gasteiger partial charge in [-0.2, -0.15) is 5.10 Å². The summed E-state index contributed by atoms with van der Waals surface area (Å²) in [6.07, 6.45) is 4.19. The van der Waals surface area contributed by atoms with Gasteiger partial charge in [-0.05, 0) is 31.5 Å². The molecule has 0 bridgehead atoms. The third-order valence-electron chi connectivity index (χ3n) is 4.12. The van der Waals surface area contributed by atoms with Gasteiger partial charge in [-0.15, -0.1) is 0 Å². The Morgan fingerprint density at radius 2 is 2.27 bits per heavy atom. The number of ether oxygens (including phenoxy) is 1. The number of carbonyl (C=O) groups excluding carboxylic acids is 1. The monoisotopic (exact) mass is 378 g/mol. The van der Waals surface area contributed by atoms with Gasteiger partial charge < -0.3 is 10.1 Å². The first kappa shape index (κ1) is 18.6. The highest BCUT2D eigenvalue weighted by molar-refractivity contribution is 7.89. The van der Waals surface area contributed by atoms with Crippen LogP contribution in [0.3, 0.4) is 0 Å². The number of aromatic nitrogens is 2. The molecule has 1 aliphatic rings. The maximum absolute atomic E-state index is 12.5. The highest BCUT2D eigenvalue weighted by Crippen LogP contribution is 2.14. The molecule has 3 rings (SSSR count). The molecule has 2 heterocycles. The molecule has 9 heteroatoms. The summed E-state index contributed by atoms with van der Waals surface area (Å²) in [5.41, 5.74) is 1.17. The van der Waals surface area contributed by atoms with Gasteiger partial charge in [-0.1, -0.05) is 6.07 Å². The Morgan fingerprint density at radius 3 is 2.96 bits per heavy atom. The van der Waals surface area contributed by atoms with Crippen LogP contribution in [0.2, 0.25) is 0 Å². The van der Waals surface area contributed by atoms with Crippen LogP contribution in [0.15, 0.2) is 41.6 Å². The molecule has 140 valence electrons. The summed E-state index contributed by atoms with van der Waals surface area (Å²) < 4.78 is 34.5. The Labute approximate surface area is 152 Å². The van der Waals surface area contributed by atoms with E-state index in [0.29, 0.717) is 31.7 Å². The molecule has 0 spiro atoms. The van der Waals surface area contributed by atoms with Gasteiger partial charge in [0.05, 0.1) is 17.7 Å². The van der Waals surface area contributed by atoms with Crippen molar-refractivity contribution in [2.45, 2.75) is 37.4 Å². The first-order valence-corrected chi connectivity index (χ1v) is 9.96. The number of aryl methyl sites for hydroxylation is 1. The van der Waals surface area contributed by atoms with E-state index < -0.39 is 10.0 Å². The van der Waals surface area contributed by atoms with Crippen LogP contribution in [0.25, 0.3) is 0 Å². The van der Waals surface area contributed by atoms with Gasteiger partial charge in [-0.3, -0.25) is 9.48 Å². The number of sulfonamides is 1. The van der Waals surface area contributed by atoms with Gasteiger partial charge in [0.25, 0.3) is 5.91 Å². The summed E-state index contributed by atoms with van der Waals surface area (Å²) in [7, 11) is -3.69. The van der Waals surface area contributed by atoms with Crippen LogP contribution in [0.5, 0.6) is 0 Å². The second-order valence-electron chi connectivity index (χ2n) is 6.10. The van der Waals surface area contributed by atoms with Crippen molar-refractivity contribution in [2.75, 3.05) is 13.2 Å². The van der Waals surface area contributed by atoms with Crippen LogP contribution in [0, 0.1) is 0 Å². The van der Waals surface area contributed by atoms with Gasteiger partial charge in [0.1, 0.15) is 0 Å². The Balaban J connectivity index is 1.66. The zero-order valence-corrected chi connectivity index (χ0v) is 15.3. The Morgan fingerprint density at radius 1 is 1.42 bits per heavy atom. The molecule has 0 radical (unpaired) electrons. The lowest BCUT2D eigenvalue weighted by molar-refractivity contribution is 0.0950. The van der Waals surface area contributed by atoms with E-state index in [1.807, 2.05) is 13.1 Å². The van der Waals surface area contributed by atoms with E-state index in [1.165, 1.54) is 12.1 Å². The van der Waals surface area contributed by atoms with Gasteiger partial charge in [0, 0.05) is 43.1 Å². The minimum atomic E-state index is -3.69. The summed E-state index contributed by atoms with van der Waals surface area (Å²) >= 11 is 0. The molecule has 1 aromatic carbocycles. The molecular formula is C17H22N4O4S. The van der Waals surface area contributed by atoms with Crippen LogP contribution in [-0.4, -0.2) is 43.4 Å². The number of hydrogen-bond acceptors (Lipinski definition) is 5. The van der Waals surface area contributed by atoms with Gasteiger partial charge in [-0.25, -0.2) is 13.1 Å². The SMILES string of the molecule is CCn1cc(CNC(=O)c2cccc(S(=O)(=O)N[C@H]3CCOC3)c2)cn1. The highest BCUT2D eigenvalue weighted by Gasteiger charge is 2.24. The number of benzene rings is 1. The lowest BCUT2D eigenvalue weighted by Crippen LogP contribution is -2.35. The summed E-state index contributed by atoms with van der Waals surface area (Å²) in [6, 6.07) is 5.77. The van der Waals surface area contributed by atoms with E-state index in [0.717, 1.165) is 12.1 Å². The molecule has 0 aliphatic carbocycles. The lowest BCUT2D eigenvalue weighted by atomic mass is 10.2. The molecule has 2 aromatic rings. The fourth-order valence-electron chi connectivity index (χ4n) is 2.67. The van der Waals surface area contributed by atoms with E-state index in [1.54, 1.807) is 23.0 Å². The third-order valence-corrected chi connectivity index (χ3v) is 5.64. The minimum absolute atomic E-state index is 0.0656. The quantitative estimate of drug-likeness (QED) is 0.745. The minimum Gasteiger partial charge on any atom is -0.380 e. The lowest BCUT2D eigenvalue weighted by Gasteiger charge is -2.12. The number of rotatable bonds is 7. The number of amides is 1. The molecule has 1 amide bonds. The Kier molecular flexibility index (Phi) is 5.70. The van der Waals surface area contributed by atoms with E-state index in [2.05, 4.69) is 15.1 Å². The predicted octanol–water partition coefficient (Wildman–Crippen LogP) is 0.900. The first-order chi connectivity index (χ1) is 12.5. The normalized spacial score (nSPS) is 17.3. The first-order valence-electron chi connectivity index (χ1n) is 8.47. The van der Waals surface area contributed by atoms with Crippen molar-refractivity contribution >= 4 is 15.9 Å². The number of nitrogens with zero attached hydrogens (tertiary/aromatic N) is 2. The van der Waals surface area contributed by atoms with Crippen LogP contribution < -0.4 is 10.0 Å². The van der Waals surface area contributed by atoms with Crippen LogP contribution in [0.1, 0.15) is 29.3 Å². The third kappa shape index (κ3) is 4.48. The van der Waals surface area contributed by atoms with Crippen molar-refractivity contribution in [3.05, 3.63) is 47.8 Å². The van der Waals surface area contributed by atoms with E-state index in [9.17, 15) is 13.2 Å². The number of carbonyl (C=O) groups is 1. The fraction of sp³-hybridized carbons (Fsp3) is 0.412. The molecule has 1 saturated heterocycles. The molecule has 1 aromatic heterocycles. The number of nitrogens with one attached hydrogen (secondary N) is 2. The van der Waals surface area contributed by atoms with Gasteiger partial charge >= 0.3 is 0 Å². The largest absolute Gasteiger partial charge is 0.380 e. The van der Waals surface area contributed by atoms with Crippen molar-refractivity contribution in [1.29, 1.82) is 0 Å². The van der Waals surface area contributed by atoms with Crippen LogP contribution >= 0.6 is 0 Å². The maximum Gasteiger partial charge on any atom is 0.251 e. The maximum atomic E-state index is 12.5. The molecule has 1 atom stereocenters. The molecule has 8 nitrogen and oxygen atoms in total. The highest BCUT2D eigenvalue weighted by atomic mass is 32.2. The molecule has 2 N–H and O–H groups in total. The van der Waals surface area contributed by atoms with Gasteiger partial charge in [0.2, 0.25) is 10.0 Å². The molecule has 0 unspecified atom stereocenters. The smallest absolute Gasteiger partial charge is 0.251 e. The summed E-state index contributed by atoms with van der Waals surface area (Å²) in [4.78, 5) is 12.4. The fourth-order valence-corrected chi connectivity index (χ4v) is 3.98. The van der Waals surface area contributed by atoms with Crippen molar-refractivity contribution in [3.63, 3.8) is 0 Å². The molecule has 1 aliphatic heterocycles. The average Bonchev–Trinajstić information content (AvgIpc) is 3.31. The van der Waals surface area contributed by atoms with Crippen LogP contribution in [0.4, 0.5) is 0 Å². The molecule has 26 heavy (non-hydrogen) atoms. The average molecular weight is 378 g/mol. The second-order valence-corrected chi connectivity index (χ2v) is 7.81. The van der Waals surface area contributed by atoms with Crippen molar-refractivity contribution in [3.8, 4) is 0 Å². The Hall–Kier alpha value is -2.23. The Bertz CT molecular complexity index is 872. The summed E-state index contributed by atoms with van der Waals surface area (Å²) in [5, 5.41) is 6.93. The van der Waals surface area contributed by atoms with Crippen molar-refractivity contribution in [2.24, 2.45) is 0 Å². The van der Waals surface area contributed by atoms with Crippen molar-refractivity contribution < 1.29 is 17.9 Å². The molecular weight excluding hydrogens is 356 g/mol. The molecule has 0 saturated carbocycles. The van der Waals surface area contributed by atoms with Gasteiger partial charge in [0.15, 0.2) is 0 Å². The zero-order chi connectivity index (χ0) is 18.6. The molecule has 1 fully saturated rings. The standard InChI is InChI=1S/C17H22N4O4S/c1-2-21-11-13(10-19-21)9-18-17(22)14-4-3-5-16(8-14)26(23,24)20-15-6-7-25-12-15/h3-5,8,10-11,15,20H,2,6-7,9,12H2,1H3,(H,18,22)/t15-/m0/s1. The summed E-state index contributed by atoms with van der Waals surface area (Å²) in [6.45, 7) is 3.97. The summed E-state index contributed by atoms with van der Waals surface area (Å²) in [5.74, 6) is -0.338. The van der Waals surface area contributed by atoms with E-state index in [4.69, 9.17) is 4.74 Å². The second kappa shape index (κ2) is 7.98. The van der Waals surface area contributed by atoms with E-state index in [-0.39, 0.29) is 16.8 Å². The predicted molar refractivity (Wildman–Crippen MR) is 95.1 cm³/mol. The van der Waals surface area contributed by atoms with Crippen LogP contribution in [-0.2, 0) is 27.8 Å². The van der Waals surface area contributed by atoms with E-state index >= 15 is 0 Å².